The van der Waals surface area contributed by atoms with E-state index in [0.29, 0.717) is 0 Å². The number of aromatic nitrogens is 1. The van der Waals surface area contributed by atoms with Gasteiger partial charge in [-0.25, -0.2) is 13.2 Å². The van der Waals surface area contributed by atoms with Crippen LogP contribution >= 0.6 is 0 Å². The Morgan fingerprint density at radius 3 is 2.42 bits per heavy atom. The fourth-order valence-corrected chi connectivity index (χ4v) is 3.73. The quantitative estimate of drug-likeness (QED) is 0.804. The third-order valence-electron chi connectivity index (χ3n) is 3.45. The van der Waals surface area contributed by atoms with Crippen LogP contribution in [0.25, 0.3) is 0 Å². The fourth-order valence-electron chi connectivity index (χ4n) is 2.18. The van der Waals surface area contributed by atoms with Crippen LogP contribution in [0.5, 0.6) is 0 Å². The molecule has 2 N–H and O–H groups in total. The molecule has 0 aromatic carbocycles. The minimum Gasteiger partial charge on any atom is -0.477 e. The minimum atomic E-state index is -3.69. The monoisotopic (exact) mass is 286 g/mol. The summed E-state index contributed by atoms with van der Waals surface area (Å²) in [5, 5.41) is 18.3. The van der Waals surface area contributed by atoms with Gasteiger partial charge in [0.25, 0.3) is 0 Å². The zero-order valence-corrected chi connectivity index (χ0v) is 10.9. The number of aliphatic hydroxyl groups excluding tert-OH is 1. The van der Waals surface area contributed by atoms with Gasteiger partial charge in [0.1, 0.15) is 10.6 Å². The Kier molecular flexibility index (Phi) is 2.70. The highest BCUT2D eigenvalue weighted by Crippen LogP contribution is 2.37. The van der Waals surface area contributed by atoms with E-state index in [-0.39, 0.29) is 29.7 Å². The third-order valence-corrected chi connectivity index (χ3v) is 5.25. The van der Waals surface area contributed by atoms with E-state index < -0.39 is 22.1 Å². The topological polar surface area (TPSA) is 99.8 Å². The van der Waals surface area contributed by atoms with Crippen molar-refractivity contribution in [2.24, 2.45) is 0 Å². The third kappa shape index (κ3) is 2.05. The predicted molar refractivity (Wildman–Crippen MR) is 64.4 cm³/mol. The molecule has 2 aliphatic rings. The van der Waals surface area contributed by atoms with E-state index in [1.165, 1.54) is 16.8 Å². The molecule has 0 radical (unpaired) electrons. The number of aliphatic hydroxyl groups is 1. The van der Waals surface area contributed by atoms with Crippen molar-refractivity contribution < 1.29 is 23.4 Å². The maximum absolute atomic E-state index is 12.2. The number of aromatic carboxylic acids is 1. The van der Waals surface area contributed by atoms with Gasteiger partial charge in [-0.1, -0.05) is 0 Å². The second kappa shape index (κ2) is 4.06. The summed E-state index contributed by atoms with van der Waals surface area (Å²) >= 11 is 0. The smallest absolute Gasteiger partial charge is 0.352 e. The molecule has 0 unspecified atom stereocenters. The number of rotatable bonds is 4. The molecule has 0 amide bonds. The number of nitrogens with zero attached hydrogens (tertiary/aromatic N) is 2. The second-order valence-corrected chi connectivity index (χ2v) is 6.92. The van der Waals surface area contributed by atoms with E-state index in [2.05, 4.69) is 0 Å². The lowest BCUT2D eigenvalue weighted by Gasteiger charge is -2.34. The number of hydrogen-bond acceptors (Lipinski definition) is 4. The van der Waals surface area contributed by atoms with Gasteiger partial charge in [-0.15, -0.1) is 0 Å². The SMILES string of the molecule is O=C(O)c1cc(S(=O)(=O)N2CC(O)C2)cn1C1CC1. The summed E-state index contributed by atoms with van der Waals surface area (Å²) in [4.78, 5) is 11.1. The number of carboxylic acids is 1. The predicted octanol–water partition coefficient (Wildman–Crippen LogP) is -0.114. The summed E-state index contributed by atoms with van der Waals surface area (Å²) < 4.78 is 27.1. The second-order valence-electron chi connectivity index (χ2n) is 4.98. The summed E-state index contributed by atoms with van der Waals surface area (Å²) in [6.45, 7) is 0.138. The normalized spacial score (nSPS) is 21.3. The molecule has 0 spiro atoms. The molecule has 2 heterocycles. The summed E-state index contributed by atoms with van der Waals surface area (Å²) in [5.74, 6) is -1.13. The van der Waals surface area contributed by atoms with E-state index in [4.69, 9.17) is 10.2 Å². The van der Waals surface area contributed by atoms with Crippen molar-refractivity contribution >= 4 is 16.0 Å². The van der Waals surface area contributed by atoms with Crippen LogP contribution in [-0.2, 0) is 10.0 Å². The molecule has 2 fully saturated rings. The van der Waals surface area contributed by atoms with Crippen molar-refractivity contribution in [3.8, 4) is 0 Å². The molecule has 3 rings (SSSR count). The van der Waals surface area contributed by atoms with Crippen molar-refractivity contribution in [3.63, 3.8) is 0 Å². The Balaban J connectivity index is 1.97. The summed E-state index contributed by atoms with van der Waals surface area (Å²) in [6, 6.07) is 1.29. The highest BCUT2D eigenvalue weighted by molar-refractivity contribution is 7.89. The van der Waals surface area contributed by atoms with E-state index >= 15 is 0 Å². The van der Waals surface area contributed by atoms with E-state index in [1.807, 2.05) is 0 Å². The first-order valence-corrected chi connectivity index (χ1v) is 7.47. The van der Waals surface area contributed by atoms with E-state index in [0.717, 1.165) is 17.1 Å². The minimum absolute atomic E-state index is 0.00199. The first kappa shape index (κ1) is 12.6. The first-order chi connectivity index (χ1) is 8.89. The Morgan fingerprint density at radius 2 is 1.95 bits per heavy atom. The molecule has 19 heavy (non-hydrogen) atoms. The zero-order valence-electron chi connectivity index (χ0n) is 10.1. The summed E-state index contributed by atoms with van der Waals surface area (Å²) in [6.07, 6.45) is 2.51. The van der Waals surface area contributed by atoms with Crippen LogP contribution in [0.2, 0.25) is 0 Å². The molecule has 1 aromatic heterocycles. The van der Waals surface area contributed by atoms with Crippen molar-refractivity contribution in [2.45, 2.75) is 29.9 Å². The van der Waals surface area contributed by atoms with Crippen LogP contribution < -0.4 is 0 Å². The molecule has 104 valence electrons. The van der Waals surface area contributed by atoms with Gasteiger partial charge >= 0.3 is 5.97 Å². The zero-order chi connectivity index (χ0) is 13.8. The lowest BCUT2D eigenvalue weighted by Crippen LogP contribution is -2.53. The van der Waals surface area contributed by atoms with Crippen LogP contribution in [0.1, 0.15) is 29.4 Å². The Bertz CT molecular complexity index is 626. The maximum atomic E-state index is 12.2. The van der Waals surface area contributed by atoms with Gasteiger partial charge in [-0.3, -0.25) is 0 Å². The van der Waals surface area contributed by atoms with Gasteiger partial charge < -0.3 is 14.8 Å². The first-order valence-electron chi connectivity index (χ1n) is 6.03. The van der Waals surface area contributed by atoms with Crippen molar-refractivity contribution in [2.75, 3.05) is 13.1 Å². The van der Waals surface area contributed by atoms with Gasteiger partial charge in [0, 0.05) is 25.3 Å². The van der Waals surface area contributed by atoms with Gasteiger partial charge in [-0.2, -0.15) is 4.31 Å². The molecular weight excluding hydrogens is 272 g/mol. The average Bonchev–Trinajstić information content (AvgIpc) is 3.02. The lowest BCUT2D eigenvalue weighted by atomic mass is 10.2. The molecular formula is C11H14N2O5S. The van der Waals surface area contributed by atoms with Crippen LogP contribution in [0.3, 0.4) is 0 Å². The summed E-state index contributed by atoms with van der Waals surface area (Å²) in [7, 11) is -3.69. The molecule has 1 aliphatic carbocycles. The fraction of sp³-hybridized carbons (Fsp3) is 0.545. The van der Waals surface area contributed by atoms with Crippen molar-refractivity contribution in [1.82, 2.24) is 8.87 Å². The van der Waals surface area contributed by atoms with E-state index in [9.17, 15) is 13.2 Å². The average molecular weight is 286 g/mol. The highest BCUT2D eigenvalue weighted by Gasteiger charge is 2.38. The Morgan fingerprint density at radius 1 is 1.32 bits per heavy atom. The molecule has 1 saturated carbocycles. The lowest BCUT2D eigenvalue weighted by molar-refractivity contribution is 0.0547. The standard InChI is InChI=1S/C11H14N2O5S/c14-8-4-12(5-8)19(17,18)9-3-10(11(15)16)13(6-9)7-1-2-7/h3,6-8,14H,1-2,4-5H2,(H,15,16). The molecule has 1 saturated heterocycles. The van der Waals surface area contributed by atoms with Gasteiger partial charge in [-0.05, 0) is 18.9 Å². The van der Waals surface area contributed by atoms with Gasteiger partial charge in [0.2, 0.25) is 10.0 Å². The van der Waals surface area contributed by atoms with Crippen LogP contribution in [0, 0.1) is 0 Å². The van der Waals surface area contributed by atoms with E-state index in [1.54, 1.807) is 0 Å². The van der Waals surface area contributed by atoms with Crippen LogP contribution in [0.15, 0.2) is 17.2 Å². The highest BCUT2D eigenvalue weighted by atomic mass is 32.2. The van der Waals surface area contributed by atoms with Crippen molar-refractivity contribution in [1.29, 1.82) is 0 Å². The number of carboxylic acid groups (broad SMARTS) is 1. The number of hydrogen-bond donors (Lipinski definition) is 2. The van der Waals surface area contributed by atoms with Gasteiger partial charge in [0.15, 0.2) is 0 Å². The molecule has 8 heteroatoms. The largest absolute Gasteiger partial charge is 0.477 e. The Labute approximate surface area is 110 Å². The van der Waals surface area contributed by atoms with Crippen LogP contribution in [0.4, 0.5) is 0 Å². The Hall–Kier alpha value is -1.38. The molecule has 1 aliphatic heterocycles. The number of carbonyl (C=O) groups is 1. The molecule has 0 atom stereocenters. The van der Waals surface area contributed by atoms with Gasteiger partial charge in [0.05, 0.1) is 6.10 Å². The number of sulfonamides is 1. The maximum Gasteiger partial charge on any atom is 0.352 e. The summed E-state index contributed by atoms with van der Waals surface area (Å²) in [5.41, 5.74) is 0.00199. The van der Waals surface area contributed by atoms with Crippen molar-refractivity contribution in [3.05, 3.63) is 18.0 Å². The van der Waals surface area contributed by atoms with Crippen LogP contribution in [-0.4, -0.2) is 52.7 Å². The molecule has 1 aromatic rings. The molecule has 7 nitrogen and oxygen atoms in total. The molecule has 0 bridgehead atoms. The number of β-amino-alcohol motifs (C(OH)–C–C–N with tert-alkyl or cyclic N) is 1.